The molecule has 0 saturated carbocycles. The average molecular weight is 483 g/mol. The molecule has 162 valence electrons. The Morgan fingerprint density at radius 2 is 1.72 bits per heavy atom. The molecule has 0 aliphatic carbocycles. The summed E-state index contributed by atoms with van der Waals surface area (Å²) in [5.41, 5.74) is 1.16. The van der Waals surface area contributed by atoms with Gasteiger partial charge in [-0.2, -0.15) is 0 Å². The summed E-state index contributed by atoms with van der Waals surface area (Å²) in [6.45, 7) is 0.0580. The van der Waals surface area contributed by atoms with E-state index in [0.29, 0.717) is 17.3 Å². The van der Waals surface area contributed by atoms with Gasteiger partial charge in [0.25, 0.3) is 15.9 Å². The van der Waals surface area contributed by atoms with Crippen molar-refractivity contribution < 1.29 is 13.2 Å². The topological polar surface area (TPSA) is 85.2 Å². The zero-order chi connectivity index (χ0) is 22.1. The van der Waals surface area contributed by atoms with Gasteiger partial charge in [-0.3, -0.25) is 9.36 Å². The van der Waals surface area contributed by atoms with E-state index in [4.69, 9.17) is 0 Å². The highest BCUT2D eigenvalue weighted by atomic mass is 32.2. The molecule has 0 spiro atoms. The average Bonchev–Trinajstić information content (AvgIpc) is 3.50. The van der Waals surface area contributed by atoms with Gasteiger partial charge in [-0.15, -0.1) is 21.5 Å². The first-order valence-electron chi connectivity index (χ1n) is 9.87. The van der Waals surface area contributed by atoms with Crippen molar-refractivity contribution in [3.8, 4) is 5.69 Å². The number of hydrogen-bond donors (Lipinski definition) is 0. The van der Waals surface area contributed by atoms with Crippen molar-refractivity contribution in [1.29, 1.82) is 0 Å². The molecule has 0 N–H and O–H groups in total. The molecule has 0 fully saturated rings. The Labute approximate surface area is 193 Å². The molecule has 4 aromatic rings. The molecule has 0 atom stereocenters. The molecule has 0 saturated heterocycles. The SMILES string of the molecule is O=C1c2ccccc2S(=O)(=O)N1CCSc1nnc(Cc2cccs2)n1-c1ccccc1. The van der Waals surface area contributed by atoms with Crippen LogP contribution in [-0.4, -0.2) is 45.7 Å². The van der Waals surface area contributed by atoms with Gasteiger partial charge in [-0.1, -0.05) is 48.2 Å². The molecular weight excluding hydrogens is 464 g/mol. The van der Waals surface area contributed by atoms with Crippen molar-refractivity contribution in [3.05, 3.63) is 88.4 Å². The van der Waals surface area contributed by atoms with Gasteiger partial charge in [-0.05, 0) is 35.7 Å². The molecule has 1 aliphatic rings. The number of para-hydroxylation sites is 1. The van der Waals surface area contributed by atoms with Crippen LogP contribution in [0.25, 0.3) is 5.69 Å². The van der Waals surface area contributed by atoms with Gasteiger partial charge in [0, 0.05) is 29.3 Å². The number of rotatable bonds is 7. The molecule has 0 radical (unpaired) electrons. The number of sulfonamides is 1. The van der Waals surface area contributed by atoms with Gasteiger partial charge in [0.1, 0.15) is 10.7 Å². The standard InChI is InChI=1S/C22H18N4O3S3/c27-21-18-10-4-5-11-19(18)32(28,29)25(21)12-14-31-22-24-23-20(15-17-9-6-13-30-17)26(22)16-7-2-1-3-8-16/h1-11,13H,12,14-15H2. The van der Waals surface area contributed by atoms with Gasteiger partial charge in [0.15, 0.2) is 5.16 Å². The van der Waals surface area contributed by atoms with Crippen LogP contribution in [0.5, 0.6) is 0 Å². The second-order valence-electron chi connectivity index (χ2n) is 7.05. The second-order valence-corrected chi connectivity index (χ2v) is 11.0. The number of hydrogen-bond acceptors (Lipinski definition) is 7. The number of fused-ring (bicyclic) bond motifs is 1. The van der Waals surface area contributed by atoms with Crippen molar-refractivity contribution in [1.82, 2.24) is 19.1 Å². The lowest BCUT2D eigenvalue weighted by Crippen LogP contribution is -2.32. The number of aromatic nitrogens is 3. The third-order valence-corrected chi connectivity index (χ3v) is 8.69. The Kier molecular flexibility index (Phi) is 5.58. The molecule has 10 heteroatoms. The molecule has 0 bridgehead atoms. The van der Waals surface area contributed by atoms with Crippen molar-refractivity contribution in [3.63, 3.8) is 0 Å². The zero-order valence-corrected chi connectivity index (χ0v) is 19.2. The Hall–Kier alpha value is -2.95. The van der Waals surface area contributed by atoms with Gasteiger partial charge in [0.05, 0.1) is 5.56 Å². The minimum Gasteiger partial charge on any atom is -0.274 e. The maximum atomic E-state index is 12.8. The van der Waals surface area contributed by atoms with Gasteiger partial charge < -0.3 is 0 Å². The quantitative estimate of drug-likeness (QED) is 0.372. The van der Waals surface area contributed by atoms with Crippen LogP contribution in [0.4, 0.5) is 0 Å². The van der Waals surface area contributed by atoms with E-state index in [2.05, 4.69) is 16.3 Å². The van der Waals surface area contributed by atoms with E-state index in [-0.39, 0.29) is 17.0 Å². The number of carbonyl (C=O) groups is 1. The summed E-state index contributed by atoms with van der Waals surface area (Å²) in [6.07, 6.45) is 0.647. The van der Waals surface area contributed by atoms with Gasteiger partial charge in [-0.25, -0.2) is 12.7 Å². The molecule has 3 heterocycles. The van der Waals surface area contributed by atoms with Crippen LogP contribution < -0.4 is 0 Å². The number of carbonyl (C=O) groups excluding carboxylic acids is 1. The van der Waals surface area contributed by atoms with Crippen LogP contribution in [-0.2, 0) is 16.4 Å². The first kappa shape index (κ1) is 20.9. The lowest BCUT2D eigenvalue weighted by molar-refractivity contribution is 0.0876. The minimum atomic E-state index is -3.81. The number of benzene rings is 2. The van der Waals surface area contributed by atoms with Gasteiger partial charge >= 0.3 is 0 Å². The highest BCUT2D eigenvalue weighted by Crippen LogP contribution is 2.31. The normalized spacial score (nSPS) is 14.6. The fraction of sp³-hybridized carbons (Fsp3) is 0.136. The molecule has 0 unspecified atom stereocenters. The fourth-order valence-electron chi connectivity index (χ4n) is 3.59. The van der Waals surface area contributed by atoms with Crippen molar-refractivity contribution >= 4 is 39.0 Å². The Bertz CT molecular complexity index is 1370. The predicted octanol–water partition coefficient (Wildman–Crippen LogP) is 3.86. The number of thioether (sulfide) groups is 1. The van der Waals surface area contributed by atoms with E-state index in [0.717, 1.165) is 15.8 Å². The molecule has 2 aromatic heterocycles. The van der Waals surface area contributed by atoms with Crippen LogP contribution >= 0.6 is 23.1 Å². The minimum absolute atomic E-state index is 0.0580. The monoisotopic (exact) mass is 482 g/mol. The van der Waals surface area contributed by atoms with Crippen molar-refractivity contribution in [2.24, 2.45) is 0 Å². The summed E-state index contributed by atoms with van der Waals surface area (Å²) in [4.78, 5) is 13.9. The van der Waals surface area contributed by atoms with E-state index in [1.807, 2.05) is 46.3 Å². The smallest absolute Gasteiger partial charge is 0.269 e. The molecule has 1 aliphatic heterocycles. The Morgan fingerprint density at radius 3 is 2.47 bits per heavy atom. The summed E-state index contributed by atoms with van der Waals surface area (Å²) < 4.78 is 28.5. The van der Waals surface area contributed by atoms with Gasteiger partial charge in [0.2, 0.25) is 0 Å². The highest BCUT2D eigenvalue weighted by molar-refractivity contribution is 7.99. The summed E-state index contributed by atoms with van der Waals surface area (Å²) in [7, 11) is -3.81. The third kappa shape index (κ3) is 3.74. The van der Waals surface area contributed by atoms with Crippen LogP contribution in [0.15, 0.2) is 82.2 Å². The Morgan fingerprint density at radius 1 is 0.938 bits per heavy atom. The summed E-state index contributed by atoms with van der Waals surface area (Å²) >= 11 is 3.04. The van der Waals surface area contributed by atoms with E-state index in [9.17, 15) is 13.2 Å². The number of thiophene rings is 1. The van der Waals surface area contributed by atoms with E-state index in [1.54, 1.807) is 29.5 Å². The first-order valence-corrected chi connectivity index (χ1v) is 13.2. The molecular formula is C22H18N4O3S3. The summed E-state index contributed by atoms with van der Waals surface area (Å²) in [5.74, 6) is 0.686. The maximum absolute atomic E-state index is 12.8. The van der Waals surface area contributed by atoms with Crippen LogP contribution in [0, 0.1) is 0 Å². The predicted molar refractivity (Wildman–Crippen MR) is 124 cm³/mol. The van der Waals surface area contributed by atoms with E-state index in [1.165, 1.54) is 22.7 Å². The van der Waals surface area contributed by atoms with Crippen molar-refractivity contribution in [2.45, 2.75) is 16.5 Å². The molecule has 5 rings (SSSR count). The number of nitrogens with zero attached hydrogens (tertiary/aromatic N) is 4. The molecule has 32 heavy (non-hydrogen) atoms. The second kappa shape index (κ2) is 8.53. The first-order chi connectivity index (χ1) is 15.6. The van der Waals surface area contributed by atoms with Crippen LogP contribution in [0.3, 0.4) is 0 Å². The van der Waals surface area contributed by atoms with Crippen molar-refractivity contribution in [2.75, 3.05) is 12.3 Å². The summed E-state index contributed by atoms with van der Waals surface area (Å²) in [6, 6.07) is 20.2. The maximum Gasteiger partial charge on any atom is 0.269 e. The third-order valence-electron chi connectivity index (χ3n) is 5.06. The highest BCUT2D eigenvalue weighted by Gasteiger charge is 2.40. The lowest BCUT2D eigenvalue weighted by atomic mass is 10.2. The van der Waals surface area contributed by atoms with E-state index >= 15 is 0 Å². The fourth-order valence-corrected chi connectivity index (χ4v) is 6.87. The molecule has 7 nitrogen and oxygen atoms in total. The van der Waals surface area contributed by atoms with Crippen LogP contribution in [0.2, 0.25) is 0 Å². The molecule has 1 amide bonds. The van der Waals surface area contributed by atoms with E-state index < -0.39 is 15.9 Å². The Balaban J connectivity index is 1.37. The largest absolute Gasteiger partial charge is 0.274 e. The summed E-state index contributed by atoms with van der Waals surface area (Å²) in [5, 5.41) is 11.4. The zero-order valence-electron chi connectivity index (χ0n) is 16.8. The van der Waals surface area contributed by atoms with Crippen LogP contribution in [0.1, 0.15) is 21.1 Å². The number of amides is 1. The molecule has 2 aromatic carbocycles. The lowest BCUT2D eigenvalue weighted by Gasteiger charge is -2.15.